The third-order valence-corrected chi connectivity index (χ3v) is 7.66. The zero-order valence-corrected chi connectivity index (χ0v) is 18.7. The minimum atomic E-state index is -3.73. The third-order valence-electron chi connectivity index (χ3n) is 4.86. The molecule has 1 aromatic heterocycles. The average Bonchev–Trinajstić information content (AvgIpc) is 3.30. The van der Waals surface area contributed by atoms with Gasteiger partial charge in [-0.3, -0.25) is 4.79 Å². The highest BCUT2D eigenvalue weighted by Gasteiger charge is 2.25. The summed E-state index contributed by atoms with van der Waals surface area (Å²) in [5, 5.41) is 3.46. The van der Waals surface area contributed by atoms with Crippen LogP contribution in [0.15, 0.2) is 23.1 Å². The van der Waals surface area contributed by atoms with E-state index >= 15 is 0 Å². The number of hydrogen-bond acceptors (Lipinski definition) is 6. The van der Waals surface area contributed by atoms with Crippen LogP contribution >= 0.6 is 11.3 Å². The van der Waals surface area contributed by atoms with Crippen LogP contribution in [0.1, 0.15) is 45.2 Å². The molecule has 1 fully saturated rings. The summed E-state index contributed by atoms with van der Waals surface area (Å²) in [7, 11) is -2.29. The highest BCUT2D eigenvalue weighted by Crippen LogP contribution is 2.37. The maximum atomic E-state index is 12.7. The molecule has 2 aromatic rings. The normalized spacial score (nSPS) is 15.1. The number of carbonyl (C=O) groups is 1. The highest BCUT2D eigenvalue weighted by atomic mass is 32.2. The molecular formula is C20H27N3O4S2. The van der Waals surface area contributed by atoms with Crippen LogP contribution < -0.4 is 14.8 Å². The maximum absolute atomic E-state index is 12.7. The topological polar surface area (TPSA) is 97.4 Å². The number of amides is 1. The van der Waals surface area contributed by atoms with E-state index in [2.05, 4.69) is 15.0 Å². The van der Waals surface area contributed by atoms with Gasteiger partial charge in [-0.05, 0) is 57.4 Å². The Labute approximate surface area is 175 Å². The summed E-state index contributed by atoms with van der Waals surface area (Å²) in [4.78, 5) is 17.8. The molecule has 0 unspecified atom stereocenters. The lowest BCUT2D eigenvalue weighted by Gasteiger charge is -2.14. The molecule has 2 N–H and O–H groups in total. The van der Waals surface area contributed by atoms with Crippen molar-refractivity contribution in [2.24, 2.45) is 5.92 Å². The van der Waals surface area contributed by atoms with Gasteiger partial charge in [0.25, 0.3) is 0 Å². The van der Waals surface area contributed by atoms with Crippen molar-refractivity contribution in [3.05, 3.63) is 23.9 Å². The summed E-state index contributed by atoms with van der Waals surface area (Å²) >= 11 is 1.35. The molecule has 1 saturated carbocycles. The Kier molecular flexibility index (Phi) is 6.60. The van der Waals surface area contributed by atoms with E-state index in [-0.39, 0.29) is 28.5 Å². The second-order valence-electron chi connectivity index (χ2n) is 7.55. The number of benzene rings is 1. The number of sulfonamides is 1. The number of aromatic nitrogens is 1. The molecule has 1 heterocycles. The third kappa shape index (κ3) is 4.96. The van der Waals surface area contributed by atoms with Gasteiger partial charge in [-0.1, -0.05) is 24.2 Å². The molecule has 0 aliphatic heterocycles. The molecule has 158 valence electrons. The van der Waals surface area contributed by atoms with Gasteiger partial charge in [-0.2, -0.15) is 0 Å². The highest BCUT2D eigenvalue weighted by molar-refractivity contribution is 7.89. The number of methoxy groups -OCH3 is 1. The van der Waals surface area contributed by atoms with Crippen molar-refractivity contribution in [1.29, 1.82) is 0 Å². The first-order valence-electron chi connectivity index (χ1n) is 9.70. The fourth-order valence-electron chi connectivity index (χ4n) is 3.51. The Morgan fingerprint density at radius 1 is 1.28 bits per heavy atom. The molecule has 3 rings (SSSR count). The minimum absolute atomic E-state index is 0.0157. The number of hydrogen-bond donors (Lipinski definition) is 2. The van der Waals surface area contributed by atoms with Crippen molar-refractivity contribution in [2.45, 2.75) is 57.4 Å². The van der Waals surface area contributed by atoms with Crippen LogP contribution in [0.2, 0.25) is 0 Å². The van der Waals surface area contributed by atoms with E-state index in [9.17, 15) is 13.2 Å². The number of thiazole rings is 1. The van der Waals surface area contributed by atoms with Gasteiger partial charge >= 0.3 is 0 Å². The first kappa shape index (κ1) is 21.7. The molecule has 29 heavy (non-hydrogen) atoms. The van der Waals surface area contributed by atoms with E-state index in [0.717, 1.165) is 36.3 Å². The van der Waals surface area contributed by atoms with Gasteiger partial charge in [0.05, 0.1) is 17.7 Å². The molecule has 0 bridgehead atoms. The van der Waals surface area contributed by atoms with Crippen molar-refractivity contribution >= 4 is 32.4 Å². The number of ether oxygens (including phenoxy) is 1. The van der Waals surface area contributed by atoms with Crippen molar-refractivity contribution in [3.8, 4) is 16.2 Å². The number of nitrogens with one attached hydrogen (secondary N) is 2. The van der Waals surface area contributed by atoms with E-state index in [4.69, 9.17) is 4.74 Å². The Bertz CT molecular complexity index is 993. The van der Waals surface area contributed by atoms with E-state index in [1.807, 2.05) is 6.92 Å². The van der Waals surface area contributed by atoms with Crippen molar-refractivity contribution in [1.82, 2.24) is 9.71 Å². The fraction of sp³-hybridized carbons (Fsp3) is 0.500. The predicted octanol–water partition coefficient (Wildman–Crippen LogP) is 3.94. The summed E-state index contributed by atoms with van der Waals surface area (Å²) in [6.45, 7) is 5.38. The summed E-state index contributed by atoms with van der Waals surface area (Å²) in [6.07, 6.45) is 4.03. The van der Waals surface area contributed by atoms with Crippen molar-refractivity contribution in [2.75, 3.05) is 12.4 Å². The zero-order valence-electron chi connectivity index (χ0n) is 17.1. The van der Waals surface area contributed by atoms with Crippen LogP contribution in [-0.4, -0.2) is 32.5 Å². The van der Waals surface area contributed by atoms with E-state index in [1.165, 1.54) is 18.4 Å². The summed E-state index contributed by atoms with van der Waals surface area (Å²) in [5.41, 5.74) is 1.45. The SMILES string of the molecule is COc1ccc(-c2sc(NC(=O)C3CCCC3)nc2C)cc1S(=O)(=O)NC(C)C. The molecule has 0 radical (unpaired) electrons. The molecule has 1 aliphatic carbocycles. The standard InChI is InChI=1S/C20H27N3O4S2/c1-12(2)23-29(25,26)17-11-15(9-10-16(17)27-4)18-13(3)21-20(28-18)22-19(24)14-7-5-6-8-14/h9-12,14,23H,5-8H2,1-4H3,(H,21,22,24). The van der Waals surface area contributed by atoms with Crippen LogP contribution in [-0.2, 0) is 14.8 Å². The predicted molar refractivity (Wildman–Crippen MR) is 115 cm³/mol. The minimum Gasteiger partial charge on any atom is -0.495 e. The second-order valence-corrected chi connectivity index (χ2v) is 10.2. The lowest BCUT2D eigenvalue weighted by atomic mass is 10.1. The van der Waals surface area contributed by atoms with Gasteiger partial charge < -0.3 is 10.1 Å². The average molecular weight is 438 g/mol. The molecule has 1 aliphatic rings. The Hall–Kier alpha value is -1.97. The second kappa shape index (κ2) is 8.81. The molecule has 1 amide bonds. The first-order valence-corrected chi connectivity index (χ1v) is 12.0. The molecular weight excluding hydrogens is 410 g/mol. The number of rotatable bonds is 7. The largest absolute Gasteiger partial charge is 0.495 e. The van der Waals surface area contributed by atoms with Crippen LogP contribution in [0, 0.1) is 12.8 Å². The van der Waals surface area contributed by atoms with Crippen LogP contribution in [0.25, 0.3) is 10.4 Å². The summed E-state index contributed by atoms with van der Waals surface area (Å²) < 4.78 is 33.3. The van der Waals surface area contributed by atoms with E-state index < -0.39 is 10.0 Å². The van der Waals surface area contributed by atoms with Gasteiger partial charge in [0, 0.05) is 12.0 Å². The molecule has 0 atom stereocenters. The lowest BCUT2D eigenvalue weighted by molar-refractivity contribution is -0.119. The summed E-state index contributed by atoms with van der Waals surface area (Å²) in [5.74, 6) is 0.350. The number of carbonyl (C=O) groups excluding carboxylic acids is 1. The fourth-order valence-corrected chi connectivity index (χ4v) is 5.93. The van der Waals surface area contributed by atoms with Gasteiger partial charge in [0.1, 0.15) is 10.6 Å². The lowest BCUT2D eigenvalue weighted by Crippen LogP contribution is -2.30. The van der Waals surface area contributed by atoms with Crippen molar-refractivity contribution < 1.29 is 17.9 Å². The number of nitrogens with zero attached hydrogens (tertiary/aromatic N) is 1. The molecule has 9 heteroatoms. The molecule has 0 spiro atoms. The van der Waals surface area contributed by atoms with Gasteiger partial charge in [0.2, 0.25) is 15.9 Å². The van der Waals surface area contributed by atoms with Gasteiger partial charge in [-0.15, -0.1) is 0 Å². The van der Waals surface area contributed by atoms with Crippen LogP contribution in [0.4, 0.5) is 5.13 Å². The number of aryl methyl sites for hydroxylation is 1. The molecule has 0 saturated heterocycles. The molecule has 1 aromatic carbocycles. The number of anilines is 1. The Morgan fingerprint density at radius 2 is 1.97 bits per heavy atom. The Morgan fingerprint density at radius 3 is 2.59 bits per heavy atom. The molecule has 7 nitrogen and oxygen atoms in total. The van der Waals surface area contributed by atoms with Crippen LogP contribution in [0.5, 0.6) is 5.75 Å². The Balaban J connectivity index is 1.91. The van der Waals surface area contributed by atoms with Gasteiger partial charge in [-0.25, -0.2) is 18.1 Å². The maximum Gasteiger partial charge on any atom is 0.244 e. The van der Waals surface area contributed by atoms with Gasteiger partial charge in [0.15, 0.2) is 5.13 Å². The summed E-state index contributed by atoms with van der Waals surface area (Å²) in [6, 6.07) is 4.79. The van der Waals surface area contributed by atoms with E-state index in [1.54, 1.807) is 32.0 Å². The quantitative estimate of drug-likeness (QED) is 0.684. The zero-order chi connectivity index (χ0) is 21.2. The van der Waals surface area contributed by atoms with Crippen LogP contribution in [0.3, 0.4) is 0 Å². The first-order chi connectivity index (χ1) is 13.7. The smallest absolute Gasteiger partial charge is 0.244 e. The van der Waals surface area contributed by atoms with E-state index in [0.29, 0.717) is 10.7 Å². The monoisotopic (exact) mass is 437 g/mol. The van der Waals surface area contributed by atoms with Crippen molar-refractivity contribution in [3.63, 3.8) is 0 Å².